The van der Waals surface area contributed by atoms with Gasteiger partial charge in [0.1, 0.15) is 5.82 Å². The van der Waals surface area contributed by atoms with Crippen LogP contribution in [0.5, 0.6) is 0 Å². The summed E-state index contributed by atoms with van der Waals surface area (Å²) in [6.45, 7) is 3.95. The summed E-state index contributed by atoms with van der Waals surface area (Å²) in [6.07, 6.45) is 6.08. The van der Waals surface area contributed by atoms with Crippen molar-refractivity contribution in [2.45, 2.75) is 38.5 Å². The van der Waals surface area contributed by atoms with Crippen molar-refractivity contribution in [3.63, 3.8) is 0 Å². The number of nitrogens with one attached hydrogen (secondary N) is 1. The molecule has 3 aliphatic heterocycles. The summed E-state index contributed by atoms with van der Waals surface area (Å²) in [7, 11) is 0. The number of rotatable bonds is 5. The van der Waals surface area contributed by atoms with Crippen molar-refractivity contribution in [2.75, 3.05) is 44.6 Å². The molecule has 1 amide bonds. The molecule has 1 aromatic rings. The molecule has 0 aliphatic carbocycles. The number of carboxylic acid groups (broad SMARTS) is 1. The molecule has 2 fully saturated rings. The first-order valence-corrected chi connectivity index (χ1v) is 10.5. The lowest BCUT2D eigenvalue weighted by molar-refractivity contribution is -0.139. The highest BCUT2D eigenvalue weighted by Gasteiger charge is 2.33. The largest absolute Gasteiger partial charge is 0.480 e. The molecule has 4 heterocycles. The molecule has 2 saturated heterocycles. The molecule has 7 heteroatoms. The molecule has 152 valence electrons. The number of hydrogen-bond donors (Lipinski definition) is 2. The zero-order valence-corrected chi connectivity index (χ0v) is 16.4. The van der Waals surface area contributed by atoms with E-state index < -0.39 is 5.97 Å². The number of likely N-dealkylation sites (tertiary alicyclic amines) is 2. The van der Waals surface area contributed by atoms with E-state index in [-0.39, 0.29) is 18.4 Å². The number of amides is 1. The van der Waals surface area contributed by atoms with Gasteiger partial charge < -0.3 is 15.3 Å². The van der Waals surface area contributed by atoms with E-state index in [1.54, 1.807) is 0 Å². The van der Waals surface area contributed by atoms with E-state index >= 15 is 0 Å². The van der Waals surface area contributed by atoms with Crippen LogP contribution in [0.15, 0.2) is 12.1 Å². The summed E-state index contributed by atoms with van der Waals surface area (Å²) in [4.78, 5) is 32.3. The zero-order chi connectivity index (χ0) is 19.5. The quantitative estimate of drug-likeness (QED) is 0.800. The summed E-state index contributed by atoms with van der Waals surface area (Å²) in [5, 5.41) is 12.3. The number of piperidine rings is 1. The van der Waals surface area contributed by atoms with Gasteiger partial charge in [0.05, 0.1) is 12.5 Å². The molecular weight excluding hydrogens is 356 g/mol. The van der Waals surface area contributed by atoms with Crippen molar-refractivity contribution in [3.05, 3.63) is 23.4 Å². The minimum atomic E-state index is -0.820. The van der Waals surface area contributed by atoms with Crippen LogP contribution in [0, 0.1) is 11.8 Å². The van der Waals surface area contributed by atoms with Crippen LogP contribution in [0.4, 0.5) is 5.82 Å². The number of hydrogen-bond acceptors (Lipinski definition) is 5. The molecule has 3 aliphatic rings. The number of nitrogens with zero attached hydrogens (tertiary/aromatic N) is 3. The lowest BCUT2D eigenvalue weighted by atomic mass is 9.91. The van der Waals surface area contributed by atoms with E-state index in [0.29, 0.717) is 19.0 Å². The molecule has 0 saturated carbocycles. The van der Waals surface area contributed by atoms with Crippen molar-refractivity contribution in [1.29, 1.82) is 0 Å². The van der Waals surface area contributed by atoms with E-state index in [9.17, 15) is 9.59 Å². The van der Waals surface area contributed by atoms with Gasteiger partial charge in [0.15, 0.2) is 0 Å². The topological polar surface area (TPSA) is 85.8 Å². The van der Waals surface area contributed by atoms with Gasteiger partial charge in [-0.25, -0.2) is 4.98 Å². The van der Waals surface area contributed by atoms with Gasteiger partial charge in [-0.2, -0.15) is 0 Å². The van der Waals surface area contributed by atoms with Gasteiger partial charge in [-0.05, 0) is 62.6 Å². The molecule has 0 aromatic carbocycles. The predicted octanol–water partition coefficient (Wildman–Crippen LogP) is 1.63. The second-order valence-corrected chi connectivity index (χ2v) is 8.43. The molecule has 0 spiro atoms. The summed E-state index contributed by atoms with van der Waals surface area (Å²) in [5.41, 5.74) is 2.47. The fourth-order valence-electron chi connectivity index (χ4n) is 4.76. The van der Waals surface area contributed by atoms with Crippen molar-refractivity contribution >= 4 is 17.7 Å². The van der Waals surface area contributed by atoms with Crippen molar-refractivity contribution in [1.82, 2.24) is 14.8 Å². The highest BCUT2D eigenvalue weighted by molar-refractivity contribution is 5.79. The maximum Gasteiger partial charge on any atom is 0.317 e. The van der Waals surface area contributed by atoms with E-state index in [2.05, 4.69) is 17.4 Å². The maximum atomic E-state index is 12.8. The number of anilines is 1. The summed E-state index contributed by atoms with van der Waals surface area (Å²) < 4.78 is 0. The van der Waals surface area contributed by atoms with Crippen LogP contribution >= 0.6 is 0 Å². The van der Waals surface area contributed by atoms with Gasteiger partial charge in [0.2, 0.25) is 5.91 Å². The van der Waals surface area contributed by atoms with Crippen molar-refractivity contribution < 1.29 is 14.7 Å². The predicted molar refractivity (Wildman–Crippen MR) is 106 cm³/mol. The Labute approximate surface area is 166 Å². The third-order valence-electron chi connectivity index (χ3n) is 6.36. The van der Waals surface area contributed by atoms with Crippen LogP contribution in [-0.4, -0.2) is 71.0 Å². The highest BCUT2D eigenvalue weighted by Crippen LogP contribution is 2.26. The van der Waals surface area contributed by atoms with Crippen LogP contribution in [0.2, 0.25) is 0 Å². The molecule has 0 radical (unpaired) electrons. The average molecular weight is 386 g/mol. The molecule has 28 heavy (non-hydrogen) atoms. The Morgan fingerprint density at radius 2 is 2.00 bits per heavy atom. The van der Waals surface area contributed by atoms with Crippen molar-refractivity contribution in [2.24, 2.45) is 11.8 Å². The lowest BCUT2D eigenvalue weighted by Gasteiger charge is -2.33. The Morgan fingerprint density at radius 3 is 2.79 bits per heavy atom. The molecule has 1 aromatic heterocycles. The molecule has 1 atom stereocenters. The Balaban J connectivity index is 1.25. The SMILES string of the molecule is O=C(O)CN1CCC(C(=O)N2CCC(Cc3ccc4c(n3)NCCC4)CC2)C1. The third kappa shape index (κ3) is 4.46. The second kappa shape index (κ2) is 8.47. The first-order chi connectivity index (χ1) is 13.6. The summed E-state index contributed by atoms with van der Waals surface area (Å²) in [6, 6.07) is 4.38. The Hall–Kier alpha value is -2.15. The Kier molecular flexibility index (Phi) is 5.80. The number of aliphatic carboxylic acids is 1. The molecule has 4 rings (SSSR count). The second-order valence-electron chi connectivity index (χ2n) is 8.43. The smallest absolute Gasteiger partial charge is 0.317 e. The maximum absolute atomic E-state index is 12.8. The van der Waals surface area contributed by atoms with Gasteiger partial charge in [-0.1, -0.05) is 6.07 Å². The first kappa shape index (κ1) is 19.2. The highest BCUT2D eigenvalue weighted by atomic mass is 16.4. The lowest BCUT2D eigenvalue weighted by Crippen LogP contribution is -2.43. The van der Waals surface area contributed by atoms with Gasteiger partial charge in [-0.3, -0.25) is 14.5 Å². The molecule has 7 nitrogen and oxygen atoms in total. The van der Waals surface area contributed by atoms with E-state index in [4.69, 9.17) is 10.1 Å². The van der Waals surface area contributed by atoms with Gasteiger partial charge in [0, 0.05) is 31.9 Å². The minimum absolute atomic E-state index is 0.0362. The van der Waals surface area contributed by atoms with Gasteiger partial charge in [-0.15, -0.1) is 0 Å². The monoisotopic (exact) mass is 386 g/mol. The average Bonchev–Trinajstić information content (AvgIpc) is 3.16. The summed E-state index contributed by atoms with van der Waals surface area (Å²) >= 11 is 0. The Morgan fingerprint density at radius 1 is 1.18 bits per heavy atom. The third-order valence-corrected chi connectivity index (χ3v) is 6.36. The number of pyridine rings is 1. The van der Waals surface area contributed by atoms with Crippen LogP contribution < -0.4 is 5.32 Å². The van der Waals surface area contributed by atoms with Gasteiger partial charge >= 0.3 is 5.97 Å². The fraction of sp³-hybridized carbons (Fsp3) is 0.667. The standard InChI is InChI=1S/C21H30N4O3/c26-19(27)14-24-9-7-17(13-24)21(28)25-10-5-15(6-11-25)12-18-4-3-16-2-1-8-22-20(16)23-18/h3-4,15,17H,1-2,5-14H2,(H,22,23)(H,26,27). The summed E-state index contributed by atoms with van der Waals surface area (Å²) in [5.74, 6) is 0.987. The minimum Gasteiger partial charge on any atom is -0.480 e. The number of carbonyl (C=O) groups is 2. The van der Waals surface area contributed by atoms with Crippen LogP contribution in [0.1, 0.15) is 36.9 Å². The molecule has 1 unspecified atom stereocenters. The fourth-order valence-corrected chi connectivity index (χ4v) is 4.76. The van der Waals surface area contributed by atoms with Crippen LogP contribution in [0.3, 0.4) is 0 Å². The number of carboxylic acids is 1. The Bertz CT molecular complexity index is 730. The zero-order valence-electron chi connectivity index (χ0n) is 16.4. The van der Waals surface area contributed by atoms with E-state index in [1.807, 2.05) is 9.80 Å². The van der Waals surface area contributed by atoms with Crippen molar-refractivity contribution in [3.8, 4) is 0 Å². The first-order valence-electron chi connectivity index (χ1n) is 10.5. The number of aryl methyl sites for hydroxylation is 1. The van der Waals surface area contributed by atoms with Crippen LogP contribution in [0.25, 0.3) is 0 Å². The number of carbonyl (C=O) groups excluding carboxylic acids is 1. The number of fused-ring (bicyclic) bond motifs is 1. The number of aromatic nitrogens is 1. The van der Waals surface area contributed by atoms with E-state index in [1.165, 1.54) is 12.0 Å². The molecular formula is C21H30N4O3. The molecule has 2 N–H and O–H groups in total. The van der Waals surface area contributed by atoms with E-state index in [0.717, 1.165) is 63.3 Å². The molecule has 0 bridgehead atoms. The van der Waals surface area contributed by atoms with Crippen LogP contribution in [-0.2, 0) is 22.4 Å². The normalized spacial score (nSPS) is 23.3. The van der Waals surface area contributed by atoms with Gasteiger partial charge in [0.25, 0.3) is 0 Å².